The molecule has 20 heavy (non-hydrogen) atoms. The van der Waals surface area contributed by atoms with Crippen LogP contribution in [0.15, 0.2) is 40.9 Å². The Balaban J connectivity index is 2.30. The number of ether oxygens (including phenoxy) is 1. The van der Waals surface area contributed by atoms with Crippen LogP contribution in [0.2, 0.25) is 0 Å². The van der Waals surface area contributed by atoms with Crippen molar-refractivity contribution >= 4 is 39.2 Å². The fraction of sp³-hybridized carbons (Fsp3) is 0.0714. The minimum absolute atomic E-state index is 0.320. The van der Waals surface area contributed by atoms with E-state index < -0.39 is 0 Å². The molecular formula is C14H10BrFN2OS. The molecule has 0 amide bonds. The maximum Gasteiger partial charge on any atom is 0.182 e. The molecule has 3 nitrogen and oxygen atoms in total. The molecule has 6 heteroatoms. The van der Waals surface area contributed by atoms with Gasteiger partial charge in [0.2, 0.25) is 0 Å². The maximum atomic E-state index is 13.8. The minimum Gasteiger partial charge on any atom is -0.496 e. The second-order valence-electron chi connectivity index (χ2n) is 4.22. The quantitative estimate of drug-likeness (QED) is 0.683. The van der Waals surface area contributed by atoms with Crippen LogP contribution in [0, 0.1) is 10.6 Å². The first kappa shape index (κ1) is 13.3. The SMILES string of the molecule is COc1ccc(-n2c(=S)[nH]c3c(F)cccc32)cc1Br. The number of imidazole rings is 1. The molecule has 0 atom stereocenters. The van der Waals surface area contributed by atoms with Gasteiger partial charge in [-0.1, -0.05) is 6.07 Å². The predicted molar refractivity (Wildman–Crippen MR) is 82.7 cm³/mol. The van der Waals surface area contributed by atoms with Crippen LogP contribution in [0.3, 0.4) is 0 Å². The standard InChI is InChI=1S/C14H10BrFN2OS/c1-19-12-6-5-8(7-9(12)15)18-11-4-2-3-10(16)13(11)17-14(18)20/h2-7H,1H3,(H,17,20). The van der Waals surface area contributed by atoms with E-state index in [9.17, 15) is 4.39 Å². The van der Waals surface area contributed by atoms with Crippen molar-refractivity contribution in [3.8, 4) is 11.4 Å². The van der Waals surface area contributed by atoms with Crippen LogP contribution in [0.5, 0.6) is 5.75 Å². The first-order valence-corrected chi connectivity index (χ1v) is 7.05. The molecule has 1 heterocycles. The number of halogens is 2. The highest BCUT2D eigenvalue weighted by Crippen LogP contribution is 2.29. The van der Waals surface area contributed by atoms with Gasteiger partial charge in [-0.15, -0.1) is 0 Å². The van der Waals surface area contributed by atoms with Gasteiger partial charge in [-0.3, -0.25) is 4.57 Å². The average molecular weight is 353 g/mol. The smallest absolute Gasteiger partial charge is 0.182 e. The molecule has 0 radical (unpaired) electrons. The lowest BCUT2D eigenvalue weighted by Gasteiger charge is -2.08. The summed E-state index contributed by atoms with van der Waals surface area (Å²) in [5.41, 5.74) is 1.94. The van der Waals surface area contributed by atoms with E-state index in [1.54, 1.807) is 17.7 Å². The summed E-state index contributed by atoms with van der Waals surface area (Å²) in [6, 6.07) is 10.5. The largest absolute Gasteiger partial charge is 0.496 e. The van der Waals surface area contributed by atoms with Crippen LogP contribution < -0.4 is 4.74 Å². The summed E-state index contributed by atoms with van der Waals surface area (Å²) in [6.45, 7) is 0. The molecule has 0 bridgehead atoms. The fourth-order valence-corrected chi connectivity index (χ4v) is 2.98. The predicted octanol–water partition coefficient (Wildman–Crippen LogP) is 4.60. The lowest BCUT2D eigenvalue weighted by atomic mass is 10.2. The highest BCUT2D eigenvalue weighted by molar-refractivity contribution is 9.10. The van der Waals surface area contributed by atoms with Crippen molar-refractivity contribution in [2.24, 2.45) is 0 Å². The summed E-state index contributed by atoms with van der Waals surface area (Å²) in [5, 5.41) is 0. The maximum absolute atomic E-state index is 13.8. The number of para-hydroxylation sites is 1. The van der Waals surface area contributed by atoms with Crippen molar-refractivity contribution in [2.45, 2.75) is 0 Å². The summed E-state index contributed by atoms with van der Waals surface area (Å²) in [4.78, 5) is 2.90. The number of methoxy groups -OCH3 is 1. The van der Waals surface area contributed by atoms with Gasteiger partial charge in [-0.25, -0.2) is 4.39 Å². The molecule has 0 saturated carbocycles. The number of benzene rings is 2. The number of nitrogens with one attached hydrogen (secondary N) is 1. The normalized spacial score (nSPS) is 10.9. The second-order valence-corrected chi connectivity index (χ2v) is 5.46. The number of hydrogen-bond acceptors (Lipinski definition) is 2. The molecule has 1 aromatic heterocycles. The second kappa shape index (κ2) is 5.03. The van der Waals surface area contributed by atoms with E-state index in [-0.39, 0.29) is 5.82 Å². The summed E-state index contributed by atoms with van der Waals surface area (Å²) < 4.78 is 22.0. The topological polar surface area (TPSA) is 29.9 Å². The number of aromatic nitrogens is 2. The van der Waals surface area contributed by atoms with Crippen molar-refractivity contribution < 1.29 is 9.13 Å². The van der Waals surface area contributed by atoms with Gasteiger partial charge in [-0.2, -0.15) is 0 Å². The molecule has 1 N–H and O–H groups in total. The molecule has 3 rings (SSSR count). The van der Waals surface area contributed by atoms with Gasteiger partial charge < -0.3 is 9.72 Å². The van der Waals surface area contributed by atoms with E-state index in [0.717, 1.165) is 15.9 Å². The Morgan fingerprint density at radius 2 is 2.10 bits per heavy atom. The van der Waals surface area contributed by atoms with E-state index in [0.29, 0.717) is 15.8 Å². The first-order valence-electron chi connectivity index (χ1n) is 5.85. The third kappa shape index (κ3) is 2.05. The summed E-state index contributed by atoms with van der Waals surface area (Å²) in [5.74, 6) is 0.409. The monoisotopic (exact) mass is 352 g/mol. The fourth-order valence-electron chi connectivity index (χ4n) is 2.15. The zero-order chi connectivity index (χ0) is 14.3. The first-order chi connectivity index (χ1) is 9.61. The lowest BCUT2D eigenvalue weighted by molar-refractivity contribution is 0.412. The van der Waals surface area contributed by atoms with Gasteiger partial charge in [-0.05, 0) is 58.5 Å². The van der Waals surface area contributed by atoms with Crippen LogP contribution >= 0.6 is 28.1 Å². The molecule has 0 aliphatic carbocycles. The number of H-pyrrole nitrogens is 1. The average Bonchev–Trinajstić information content (AvgIpc) is 2.76. The highest BCUT2D eigenvalue weighted by atomic mass is 79.9. The van der Waals surface area contributed by atoms with Gasteiger partial charge in [0.15, 0.2) is 4.77 Å². The molecule has 0 spiro atoms. The molecule has 2 aromatic carbocycles. The Morgan fingerprint density at radius 3 is 2.80 bits per heavy atom. The minimum atomic E-state index is -0.320. The van der Waals surface area contributed by atoms with Gasteiger partial charge in [0.1, 0.15) is 17.1 Å². The van der Waals surface area contributed by atoms with E-state index in [1.807, 2.05) is 24.3 Å². The number of rotatable bonds is 2. The van der Waals surface area contributed by atoms with E-state index in [4.69, 9.17) is 17.0 Å². The van der Waals surface area contributed by atoms with Crippen molar-refractivity contribution in [2.75, 3.05) is 7.11 Å². The van der Waals surface area contributed by atoms with Crippen molar-refractivity contribution in [1.29, 1.82) is 0 Å². The Bertz CT molecular complexity index is 856. The number of hydrogen-bond donors (Lipinski definition) is 1. The van der Waals surface area contributed by atoms with Crippen LogP contribution in [0.1, 0.15) is 0 Å². The van der Waals surface area contributed by atoms with E-state index in [1.165, 1.54) is 6.07 Å². The molecule has 102 valence electrons. The summed E-state index contributed by atoms with van der Waals surface area (Å²) >= 11 is 8.73. The summed E-state index contributed by atoms with van der Waals surface area (Å²) in [7, 11) is 1.60. The van der Waals surface area contributed by atoms with Crippen LogP contribution in [0.25, 0.3) is 16.7 Å². The van der Waals surface area contributed by atoms with Crippen molar-refractivity contribution in [3.05, 3.63) is 51.5 Å². The van der Waals surface area contributed by atoms with Gasteiger partial charge in [0, 0.05) is 5.69 Å². The Hall–Kier alpha value is -1.66. The molecule has 0 fully saturated rings. The van der Waals surface area contributed by atoms with E-state index in [2.05, 4.69) is 20.9 Å². The zero-order valence-electron chi connectivity index (χ0n) is 10.5. The Kier molecular flexibility index (Phi) is 3.35. The zero-order valence-corrected chi connectivity index (χ0v) is 12.9. The van der Waals surface area contributed by atoms with Crippen LogP contribution in [-0.4, -0.2) is 16.7 Å². The van der Waals surface area contributed by atoms with Gasteiger partial charge in [0.25, 0.3) is 0 Å². The third-order valence-electron chi connectivity index (χ3n) is 3.06. The molecule has 0 aliphatic heterocycles. The van der Waals surface area contributed by atoms with Crippen LogP contribution in [0.4, 0.5) is 4.39 Å². The summed E-state index contributed by atoms with van der Waals surface area (Å²) in [6.07, 6.45) is 0. The number of nitrogens with zero attached hydrogens (tertiary/aromatic N) is 1. The van der Waals surface area contributed by atoms with Gasteiger partial charge in [0.05, 0.1) is 17.1 Å². The van der Waals surface area contributed by atoms with Crippen molar-refractivity contribution in [3.63, 3.8) is 0 Å². The van der Waals surface area contributed by atoms with E-state index >= 15 is 0 Å². The highest BCUT2D eigenvalue weighted by Gasteiger charge is 2.11. The molecular weight excluding hydrogens is 343 g/mol. The van der Waals surface area contributed by atoms with Crippen molar-refractivity contribution in [1.82, 2.24) is 9.55 Å². The van der Waals surface area contributed by atoms with Gasteiger partial charge >= 0.3 is 0 Å². The molecule has 0 saturated heterocycles. The third-order valence-corrected chi connectivity index (χ3v) is 3.97. The Labute approximate surface area is 128 Å². The number of fused-ring (bicyclic) bond motifs is 1. The molecule has 0 aliphatic rings. The Morgan fingerprint density at radius 1 is 1.30 bits per heavy atom. The number of aromatic amines is 1. The molecule has 0 unspecified atom stereocenters. The molecule has 3 aromatic rings. The van der Waals surface area contributed by atoms with Crippen LogP contribution in [-0.2, 0) is 0 Å². The lowest BCUT2D eigenvalue weighted by Crippen LogP contribution is -1.95.